The fourth-order valence-corrected chi connectivity index (χ4v) is 3.13. The summed E-state index contributed by atoms with van der Waals surface area (Å²) in [6, 6.07) is 0. The molecule has 2 aliphatic rings. The van der Waals surface area contributed by atoms with E-state index in [-0.39, 0.29) is 11.7 Å². The molecule has 1 aromatic rings. The van der Waals surface area contributed by atoms with Crippen LogP contribution in [0.1, 0.15) is 43.3 Å². The Morgan fingerprint density at radius 2 is 2.32 bits per heavy atom. The molecule has 5 nitrogen and oxygen atoms in total. The highest BCUT2D eigenvalue weighted by Gasteiger charge is 2.31. The normalized spacial score (nSPS) is 24.6. The molecular weight excluding hydrogens is 357 g/mol. The van der Waals surface area contributed by atoms with Crippen molar-refractivity contribution in [1.82, 2.24) is 14.9 Å². The van der Waals surface area contributed by atoms with Crippen molar-refractivity contribution in [2.45, 2.75) is 31.8 Å². The molecule has 1 saturated carbocycles. The Labute approximate surface area is 125 Å². The van der Waals surface area contributed by atoms with Crippen molar-refractivity contribution in [3.63, 3.8) is 0 Å². The first-order valence-electron chi connectivity index (χ1n) is 6.82. The first-order chi connectivity index (χ1) is 9.19. The molecule has 0 spiro atoms. The summed E-state index contributed by atoms with van der Waals surface area (Å²) in [5.41, 5.74) is 0.946. The lowest BCUT2D eigenvalue weighted by atomic mass is 10.2. The largest absolute Gasteiger partial charge is 0.368 e. The van der Waals surface area contributed by atoms with E-state index in [2.05, 4.69) is 44.4 Å². The Balaban J connectivity index is 1.89. The average molecular weight is 375 g/mol. The molecule has 1 aromatic heterocycles. The Kier molecular flexibility index (Phi) is 3.91. The number of nitrogens with zero attached hydrogens (tertiary/aromatic N) is 2. The number of hydrogen-bond acceptors (Lipinski definition) is 4. The second-order valence-electron chi connectivity index (χ2n) is 5.18. The lowest BCUT2D eigenvalue weighted by Gasteiger charge is -2.31. The molecule has 3 rings (SSSR count). The van der Waals surface area contributed by atoms with Gasteiger partial charge in [-0.2, -0.15) is 0 Å². The van der Waals surface area contributed by atoms with Gasteiger partial charge in [0.15, 0.2) is 0 Å². The second kappa shape index (κ2) is 5.49. The molecule has 1 N–H and O–H groups in total. The average Bonchev–Trinajstić information content (AvgIpc) is 3.26. The summed E-state index contributed by atoms with van der Waals surface area (Å²) < 4.78 is 6.51. The minimum Gasteiger partial charge on any atom is -0.368 e. The van der Waals surface area contributed by atoms with E-state index in [0.717, 1.165) is 41.7 Å². The van der Waals surface area contributed by atoms with Crippen molar-refractivity contribution >= 4 is 22.6 Å². The van der Waals surface area contributed by atoms with Gasteiger partial charge >= 0.3 is 0 Å². The summed E-state index contributed by atoms with van der Waals surface area (Å²) in [7, 11) is 0. The zero-order chi connectivity index (χ0) is 13.4. The number of hydrogen-bond donors (Lipinski definition) is 1. The summed E-state index contributed by atoms with van der Waals surface area (Å²) in [5.74, 6) is 1.18. The topological polar surface area (TPSA) is 58.2 Å². The van der Waals surface area contributed by atoms with Gasteiger partial charge in [0.1, 0.15) is 11.9 Å². The minimum atomic E-state index is -0.101. The number of rotatable bonds is 3. The van der Waals surface area contributed by atoms with Gasteiger partial charge in [-0.15, -0.1) is 0 Å². The number of halogens is 1. The highest BCUT2D eigenvalue weighted by atomic mass is 127. The van der Waals surface area contributed by atoms with Gasteiger partial charge in [-0.05, 0) is 42.0 Å². The van der Waals surface area contributed by atoms with Gasteiger partial charge in [-0.25, -0.2) is 4.98 Å². The van der Waals surface area contributed by atoms with Gasteiger partial charge < -0.3 is 9.72 Å². The molecule has 19 heavy (non-hydrogen) atoms. The summed E-state index contributed by atoms with van der Waals surface area (Å²) in [5, 5.41) is 0. The van der Waals surface area contributed by atoms with Gasteiger partial charge in [-0.1, -0.05) is 6.92 Å². The molecule has 1 atom stereocenters. The Hall–Kier alpha value is -0.470. The molecule has 1 aliphatic carbocycles. The smallest absolute Gasteiger partial charge is 0.264 e. The van der Waals surface area contributed by atoms with Crippen molar-refractivity contribution in [2.75, 3.05) is 26.2 Å². The Morgan fingerprint density at radius 1 is 1.53 bits per heavy atom. The van der Waals surface area contributed by atoms with E-state index in [4.69, 9.17) is 4.74 Å². The third kappa shape index (κ3) is 2.85. The van der Waals surface area contributed by atoms with Crippen LogP contribution in [0, 0.1) is 3.57 Å². The van der Waals surface area contributed by atoms with Crippen LogP contribution < -0.4 is 5.56 Å². The molecule has 2 fully saturated rings. The maximum atomic E-state index is 12.0. The maximum absolute atomic E-state index is 12.0. The van der Waals surface area contributed by atoms with Crippen LogP contribution in [0.2, 0.25) is 0 Å². The monoisotopic (exact) mass is 375 g/mol. The van der Waals surface area contributed by atoms with Crippen molar-refractivity contribution in [2.24, 2.45) is 0 Å². The molecule has 0 bridgehead atoms. The van der Waals surface area contributed by atoms with E-state index < -0.39 is 0 Å². The first-order valence-corrected chi connectivity index (χ1v) is 7.90. The first kappa shape index (κ1) is 13.5. The Bertz CT molecular complexity index is 527. The van der Waals surface area contributed by atoms with Crippen LogP contribution in [0.5, 0.6) is 0 Å². The van der Waals surface area contributed by atoms with E-state index in [1.54, 1.807) is 0 Å². The zero-order valence-corrected chi connectivity index (χ0v) is 13.1. The Morgan fingerprint density at radius 3 is 3.00 bits per heavy atom. The lowest BCUT2D eigenvalue weighted by Crippen LogP contribution is -2.39. The molecule has 1 aliphatic heterocycles. The number of aromatic nitrogens is 2. The molecule has 0 amide bonds. The number of likely N-dealkylation sites (N-methyl/N-ethyl adjacent to an activating group) is 1. The molecular formula is C13H18IN3O2. The molecule has 1 saturated heterocycles. The maximum Gasteiger partial charge on any atom is 0.264 e. The number of ether oxygens (including phenoxy) is 1. The van der Waals surface area contributed by atoms with Crippen LogP contribution in [0.25, 0.3) is 0 Å². The van der Waals surface area contributed by atoms with Gasteiger partial charge in [0.05, 0.1) is 15.9 Å². The van der Waals surface area contributed by atoms with Gasteiger partial charge in [-0.3, -0.25) is 9.69 Å². The number of nitrogens with one attached hydrogen (secondary N) is 1. The van der Waals surface area contributed by atoms with E-state index in [1.807, 2.05) is 0 Å². The molecule has 0 aromatic carbocycles. The fraction of sp³-hybridized carbons (Fsp3) is 0.692. The predicted octanol–water partition coefficient (Wildman–Crippen LogP) is 1.65. The van der Waals surface area contributed by atoms with Crippen LogP contribution in [-0.4, -0.2) is 41.1 Å². The van der Waals surface area contributed by atoms with Crippen LogP contribution in [0.15, 0.2) is 4.79 Å². The summed E-state index contributed by atoms with van der Waals surface area (Å²) >= 11 is 2.10. The minimum absolute atomic E-state index is 0.0234. The third-order valence-corrected chi connectivity index (χ3v) is 4.82. The van der Waals surface area contributed by atoms with Crippen LogP contribution >= 0.6 is 22.6 Å². The van der Waals surface area contributed by atoms with Crippen molar-refractivity contribution in [3.05, 3.63) is 25.4 Å². The molecule has 104 valence electrons. The zero-order valence-electron chi connectivity index (χ0n) is 11.0. The molecule has 6 heteroatoms. The second-order valence-corrected chi connectivity index (χ2v) is 6.26. The van der Waals surface area contributed by atoms with Gasteiger partial charge in [0, 0.05) is 19.0 Å². The quantitative estimate of drug-likeness (QED) is 0.817. The lowest BCUT2D eigenvalue weighted by molar-refractivity contribution is -0.0328. The molecule has 1 unspecified atom stereocenters. The number of aromatic amines is 1. The van der Waals surface area contributed by atoms with Crippen LogP contribution in [0.4, 0.5) is 0 Å². The third-order valence-electron chi connectivity index (χ3n) is 3.77. The van der Waals surface area contributed by atoms with E-state index in [0.29, 0.717) is 18.3 Å². The van der Waals surface area contributed by atoms with Crippen LogP contribution in [0.3, 0.4) is 0 Å². The number of H-pyrrole nitrogens is 1. The fourth-order valence-electron chi connectivity index (χ4n) is 2.43. The summed E-state index contributed by atoms with van der Waals surface area (Å²) in [4.78, 5) is 21.9. The number of morpholine rings is 1. The summed E-state index contributed by atoms with van der Waals surface area (Å²) in [6.45, 7) is 5.61. The highest BCUT2D eigenvalue weighted by molar-refractivity contribution is 14.1. The molecule has 2 heterocycles. The van der Waals surface area contributed by atoms with E-state index in [1.165, 1.54) is 0 Å². The SMILES string of the molecule is CCN1CCOC(c2nc(C3CC3)c(I)c(=O)[nH]2)C1. The summed E-state index contributed by atoms with van der Waals surface area (Å²) in [6.07, 6.45) is 2.20. The predicted molar refractivity (Wildman–Crippen MR) is 80.4 cm³/mol. The molecule has 0 radical (unpaired) electrons. The van der Waals surface area contributed by atoms with Crippen LogP contribution in [-0.2, 0) is 4.74 Å². The standard InChI is InChI=1S/C13H18IN3O2/c1-2-17-5-6-19-9(7-17)12-15-11(8-3-4-8)10(14)13(18)16-12/h8-9H,2-7H2,1H3,(H,15,16,18). The van der Waals surface area contributed by atoms with E-state index in [9.17, 15) is 4.79 Å². The van der Waals surface area contributed by atoms with Crippen molar-refractivity contribution in [1.29, 1.82) is 0 Å². The van der Waals surface area contributed by atoms with Crippen molar-refractivity contribution < 1.29 is 4.74 Å². The van der Waals surface area contributed by atoms with Gasteiger partial charge in [0.25, 0.3) is 5.56 Å². The van der Waals surface area contributed by atoms with E-state index >= 15 is 0 Å². The van der Waals surface area contributed by atoms with Crippen molar-refractivity contribution in [3.8, 4) is 0 Å². The highest BCUT2D eigenvalue weighted by Crippen LogP contribution is 2.40. The van der Waals surface area contributed by atoms with Gasteiger partial charge in [0.2, 0.25) is 0 Å².